The maximum absolute atomic E-state index is 4.67. The predicted molar refractivity (Wildman–Crippen MR) is 98.9 cm³/mol. The van der Waals surface area contributed by atoms with Crippen molar-refractivity contribution in [3.05, 3.63) is 0 Å². The summed E-state index contributed by atoms with van der Waals surface area (Å²) in [5.41, 5.74) is 0. The van der Waals surface area contributed by atoms with Crippen molar-refractivity contribution in [2.75, 3.05) is 19.3 Å². The zero-order valence-electron chi connectivity index (χ0n) is 12.7. The highest BCUT2D eigenvalue weighted by atomic mass is 127. The van der Waals surface area contributed by atoms with Crippen LogP contribution in [0.15, 0.2) is 4.99 Å². The molecule has 0 radical (unpaired) electrons. The summed E-state index contributed by atoms with van der Waals surface area (Å²) in [7, 11) is 0. The summed E-state index contributed by atoms with van der Waals surface area (Å²) < 4.78 is 0. The lowest BCUT2D eigenvalue weighted by Crippen LogP contribution is -2.45. The minimum absolute atomic E-state index is 0. The van der Waals surface area contributed by atoms with Crippen molar-refractivity contribution in [3.8, 4) is 0 Å². The third kappa shape index (κ3) is 8.27. The van der Waals surface area contributed by atoms with Crippen LogP contribution in [-0.2, 0) is 0 Å². The molecule has 0 aromatic rings. The van der Waals surface area contributed by atoms with Gasteiger partial charge in [-0.05, 0) is 44.8 Å². The molecule has 1 atom stereocenters. The van der Waals surface area contributed by atoms with E-state index in [9.17, 15) is 0 Å². The zero-order valence-corrected chi connectivity index (χ0v) is 15.9. The predicted octanol–water partition coefficient (Wildman–Crippen LogP) is 3.49. The number of rotatable bonds is 5. The largest absolute Gasteiger partial charge is 0.357 e. The summed E-state index contributed by atoms with van der Waals surface area (Å²) in [4.78, 5) is 4.67. The van der Waals surface area contributed by atoms with Crippen molar-refractivity contribution >= 4 is 41.7 Å². The van der Waals surface area contributed by atoms with E-state index in [1.54, 1.807) is 0 Å². The first kappa shape index (κ1) is 19.4. The molecule has 1 unspecified atom stereocenters. The van der Waals surface area contributed by atoms with Crippen molar-refractivity contribution in [3.63, 3.8) is 0 Å². The second-order valence-corrected chi connectivity index (χ2v) is 6.64. The molecule has 0 aliphatic heterocycles. The molecule has 0 bridgehead atoms. The highest BCUT2D eigenvalue weighted by molar-refractivity contribution is 14.0. The first-order valence-electron chi connectivity index (χ1n) is 7.23. The quantitative estimate of drug-likeness (QED) is 0.422. The molecule has 1 saturated carbocycles. The normalized spacial score (nSPS) is 25.4. The van der Waals surface area contributed by atoms with Gasteiger partial charge in [-0.3, -0.25) is 4.99 Å². The standard InChI is InChI=1S/C14H29N3S.HI/c1-5-15-14(16-10-12(3)18-4)17-13-8-6-11(2)7-9-13;/h11-13H,5-10H2,1-4H3,(H2,15,16,17);1H. The van der Waals surface area contributed by atoms with E-state index in [0.29, 0.717) is 11.3 Å². The van der Waals surface area contributed by atoms with Crippen LogP contribution in [0, 0.1) is 5.92 Å². The van der Waals surface area contributed by atoms with Gasteiger partial charge in [-0.15, -0.1) is 24.0 Å². The van der Waals surface area contributed by atoms with E-state index in [2.05, 4.69) is 42.7 Å². The van der Waals surface area contributed by atoms with Crippen LogP contribution >= 0.6 is 35.7 Å². The topological polar surface area (TPSA) is 36.4 Å². The fourth-order valence-corrected chi connectivity index (χ4v) is 2.44. The molecule has 0 spiro atoms. The lowest BCUT2D eigenvalue weighted by molar-refractivity contribution is 0.329. The van der Waals surface area contributed by atoms with Gasteiger partial charge in [0.25, 0.3) is 0 Å². The molecule has 19 heavy (non-hydrogen) atoms. The third-order valence-electron chi connectivity index (χ3n) is 3.61. The lowest BCUT2D eigenvalue weighted by atomic mass is 9.87. The Hall–Kier alpha value is 0.350. The summed E-state index contributed by atoms with van der Waals surface area (Å²) in [6.45, 7) is 8.52. The Kier molecular flexibility index (Phi) is 11.3. The molecule has 1 aliphatic carbocycles. The molecule has 1 aliphatic rings. The first-order valence-corrected chi connectivity index (χ1v) is 8.52. The van der Waals surface area contributed by atoms with Gasteiger partial charge in [-0.2, -0.15) is 11.8 Å². The van der Waals surface area contributed by atoms with Gasteiger partial charge in [0.15, 0.2) is 5.96 Å². The minimum Gasteiger partial charge on any atom is -0.357 e. The first-order chi connectivity index (χ1) is 8.65. The summed E-state index contributed by atoms with van der Waals surface area (Å²) in [5.74, 6) is 1.90. The van der Waals surface area contributed by atoms with E-state index in [1.807, 2.05) is 11.8 Å². The van der Waals surface area contributed by atoms with Gasteiger partial charge in [0.1, 0.15) is 0 Å². The van der Waals surface area contributed by atoms with Crippen molar-refractivity contribution in [2.24, 2.45) is 10.9 Å². The van der Waals surface area contributed by atoms with Gasteiger partial charge >= 0.3 is 0 Å². The van der Waals surface area contributed by atoms with Gasteiger partial charge in [0, 0.05) is 17.8 Å². The molecule has 1 rings (SSSR count). The van der Waals surface area contributed by atoms with Crippen LogP contribution in [0.5, 0.6) is 0 Å². The third-order valence-corrected chi connectivity index (χ3v) is 4.56. The van der Waals surface area contributed by atoms with Crippen LogP contribution in [-0.4, -0.2) is 36.6 Å². The number of halogens is 1. The summed E-state index contributed by atoms with van der Waals surface area (Å²) in [6, 6.07) is 0.614. The maximum Gasteiger partial charge on any atom is 0.191 e. The number of aliphatic imine (C=N–C) groups is 1. The van der Waals surface area contributed by atoms with Crippen LogP contribution in [0.25, 0.3) is 0 Å². The fourth-order valence-electron chi connectivity index (χ4n) is 2.21. The average molecular weight is 399 g/mol. The Bertz CT molecular complexity index is 253. The molecule has 3 nitrogen and oxygen atoms in total. The van der Waals surface area contributed by atoms with Gasteiger partial charge in [0.2, 0.25) is 0 Å². The Morgan fingerprint density at radius 1 is 1.32 bits per heavy atom. The highest BCUT2D eigenvalue weighted by Crippen LogP contribution is 2.23. The second kappa shape index (κ2) is 11.1. The van der Waals surface area contributed by atoms with Gasteiger partial charge in [0.05, 0.1) is 6.54 Å². The highest BCUT2D eigenvalue weighted by Gasteiger charge is 2.18. The molecule has 0 aromatic carbocycles. The van der Waals surface area contributed by atoms with Crippen LogP contribution in [0.1, 0.15) is 46.5 Å². The van der Waals surface area contributed by atoms with E-state index in [-0.39, 0.29) is 24.0 Å². The summed E-state index contributed by atoms with van der Waals surface area (Å²) in [5, 5.41) is 7.53. The van der Waals surface area contributed by atoms with E-state index in [4.69, 9.17) is 0 Å². The lowest BCUT2D eigenvalue weighted by Gasteiger charge is -2.28. The maximum atomic E-state index is 4.67. The van der Waals surface area contributed by atoms with E-state index in [1.165, 1.54) is 25.7 Å². The second-order valence-electron chi connectivity index (χ2n) is 5.37. The zero-order chi connectivity index (χ0) is 13.4. The number of hydrogen-bond acceptors (Lipinski definition) is 2. The summed E-state index contributed by atoms with van der Waals surface area (Å²) in [6.07, 6.45) is 7.40. The minimum atomic E-state index is 0. The Balaban J connectivity index is 0.00000324. The van der Waals surface area contributed by atoms with E-state index >= 15 is 0 Å². The number of nitrogens with zero attached hydrogens (tertiary/aromatic N) is 1. The number of nitrogens with one attached hydrogen (secondary N) is 2. The van der Waals surface area contributed by atoms with Crippen molar-refractivity contribution in [1.82, 2.24) is 10.6 Å². The SMILES string of the molecule is CCNC(=NCC(C)SC)NC1CCC(C)CC1.I. The molecule has 114 valence electrons. The number of hydrogen-bond donors (Lipinski definition) is 2. The average Bonchev–Trinajstić information content (AvgIpc) is 2.38. The van der Waals surface area contributed by atoms with Crippen molar-refractivity contribution < 1.29 is 0 Å². The molecule has 0 saturated heterocycles. The van der Waals surface area contributed by atoms with E-state index < -0.39 is 0 Å². The van der Waals surface area contributed by atoms with Crippen LogP contribution in [0.4, 0.5) is 0 Å². The van der Waals surface area contributed by atoms with Crippen molar-refractivity contribution in [1.29, 1.82) is 0 Å². The fraction of sp³-hybridized carbons (Fsp3) is 0.929. The molecule has 0 aromatic heterocycles. The molecule has 2 N–H and O–H groups in total. The van der Waals surface area contributed by atoms with Crippen LogP contribution in [0.3, 0.4) is 0 Å². The number of thioether (sulfide) groups is 1. The monoisotopic (exact) mass is 399 g/mol. The number of guanidine groups is 1. The molecule has 5 heteroatoms. The Labute approximate surface area is 140 Å². The van der Waals surface area contributed by atoms with E-state index in [0.717, 1.165) is 25.0 Å². The smallest absolute Gasteiger partial charge is 0.191 e. The van der Waals surface area contributed by atoms with Gasteiger partial charge < -0.3 is 10.6 Å². The van der Waals surface area contributed by atoms with Gasteiger partial charge in [-0.25, -0.2) is 0 Å². The van der Waals surface area contributed by atoms with Crippen molar-refractivity contribution in [2.45, 2.75) is 57.7 Å². The Morgan fingerprint density at radius 3 is 2.47 bits per heavy atom. The van der Waals surface area contributed by atoms with Crippen LogP contribution in [0.2, 0.25) is 0 Å². The summed E-state index contributed by atoms with van der Waals surface area (Å²) >= 11 is 1.87. The Morgan fingerprint density at radius 2 is 1.95 bits per heavy atom. The van der Waals surface area contributed by atoms with Gasteiger partial charge in [-0.1, -0.05) is 13.8 Å². The molecule has 0 amide bonds. The molecule has 0 heterocycles. The van der Waals surface area contributed by atoms with Crippen LogP contribution < -0.4 is 10.6 Å². The molecular formula is C14H30IN3S. The molecule has 1 fully saturated rings. The molecular weight excluding hydrogens is 369 g/mol.